The van der Waals surface area contributed by atoms with Crippen LogP contribution in [0.15, 0.2) is 42.2 Å². The quantitative estimate of drug-likeness (QED) is 0.871. The first-order valence-corrected chi connectivity index (χ1v) is 7.17. The zero-order valence-corrected chi connectivity index (χ0v) is 11.7. The van der Waals surface area contributed by atoms with Crippen LogP contribution in [0.4, 0.5) is 0 Å². The predicted octanol–water partition coefficient (Wildman–Crippen LogP) is 2.95. The number of carbonyl (C=O) groups excluding carboxylic acids is 1. The van der Waals surface area contributed by atoms with Crippen molar-refractivity contribution in [3.05, 3.63) is 47.8 Å². The molecule has 104 valence electrons. The lowest BCUT2D eigenvalue weighted by Gasteiger charge is -2.20. The number of hydrogen-bond acceptors (Lipinski definition) is 2. The van der Waals surface area contributed by atoms with Crippen LogP contribution in [0.5, 0.6) is 0 Å². The van der Waals surface area contributed by atoms with Gasteiger partial charge in [0.05, 0.1) is 5.52 Å². The van der Waals surface area contributed by atoms with Gasteiger partial charge in [-0.3, -0.25) is 4.79 Å². The van der Waals surface area contributed by atoms with Crippen molar-refractivity contribution in [1.82, 2.24) is 14.9 Å². The van der Waals surface area contributed by atoms with Crippen molar-refractivity contribution in [2.45, 2.75) is 38.6 Å². The molecule has 1 N–H and O–H groups in total. The van der Waals surface area contributed by atoms with E-state index in [1.807, 2.05) is 18.3 Å². The summed E-state index contributed by atoms with van der Waals surface area (Å²) in [5.41, 5.74) is 2.97. The predicted molar refractivity (Wildman–Crippen MR) is 78.7 cm³/mol. The number of hydrogen-bond donors (Lipinski definition) is 1. The average molecular weight is 269 g/mol. The number of allylic oxidation sites excluding steroid dienone is 1. The fourth-order valence-corrected chi connectivity index (χ4v) is 2.69. The molecule has 1 aliphatic carbocycles. The molecule has 0 saturated heterocycles. The van der Waals surface area contributed by atoms with E-state index in [1.165, 1.54) is 18.4 Å². The zero-order valence-electron chi connectivity index (χ0n) is 11.7. The Hall–Kier alpha value is -2.10. The van der Waals surface area contributed by atoms with Crippen molar-refractivity contribution in [1.29, 1.82) is 0 Å². The van der Waals surface area contributed by atoms with Gasteiger partial charge in [-0.05, 0) is 50.8 Å². The molecule has 0 bridgehead atoms. The Kier molecular flexibility index (Phi) is 3.54. The molecule has 0 aliphatic heterocycles. The molecule has 0 fully saturated rings. The summed E-state index contributed by atoms with van der Waals surface area (Å²) in [6.45, 7) is 2.06. The van der Waals surface area contributed by atoms with Crippen LogP contribution in [0.2, 0.25) is 0 Å². The molecule has 1 amide bonds. The number of amides is 1. The monoisotopic (exact) mass is 269 g/mol. The molecule has 1 unspecified atom stereocenters. The van der Waals surface area contributed by atoms with E-state index < -0.39 is 0 Å². The smallest absolute Gasteiger partial charge is 0.251 e. The van der Waals surface area contributed by atoms with E-state index in [1.54, 1.807) is 16.8 Å². The molecule has 2 aromatic rings. The lowest BCUT2D eigenvalue weighted by molar-refractivity contribution is 0.0944. The molecule has 0 saturated carbocycles. The number of carbonyl (C=O) groups is 1. The first kappa shape index (κ1) is 12.9. The van der Waals surface area contributed by atoms with Crippen LogP contribution in [0.3, 0.4) is 0 Å². The van der Waals surface area contributed by atoms with Crippen LogP contribution in [0.1, 0.15) is 43.0 Å². The summed E-state index contributed by atoms with van der Waals surface area (Å²) in [5.74, 6) is -0.0207. The average Bonchev–Trinajstić information content (AvgIpc) is 2.95. The van der Waals surface area contributed by atoms with Gasteiger partial charge in [0.1, 0.15) is 0 Å². The fourth-order valence-electron chi connectivity index (χ4n) is 2.69. The van der Waals surface area contributed by atoms with Crippen molar-refractivity contribution in [2.75, 3.05) is 0 Å². The summed E-state index contributed by atoms with van der Waals surface area (Å²) in [6, 6.07) is 5.68. The topological polar surface area (TPSA) is 46.4 Å². The van der Waals surface area contributed by atoms with Gasteiger partial charge in [-0.1, -0.05) is 11.6 Å². The molecular formula is C16H19N3O. The van der Waals surface area contributed by atoms with Crippen molar-refractivity contribution in [3.63, 3.8) is 0 Å². The van der Waals surface area contributed by atoms with Gasteiger partial charge in [-0.2, -0.15) is 5.10 Å². The maximum atomic E-state index is 12.3. The number of pyridine rings is 1. The maximum Gasteiger partial charge on any atom is 0.251 e. The molecule has 1 aliphatic rings. The Morgan fingerprint density at radius 3 is 3.10 bits per heavy atom. The van der Waals surface area contributed by atoms with Gasteiger partial charge in [0.25, 0.3) is 5.91 Å². The molecular weight excluding hydrogens is 250 g/mol. The SMILES string of the molecule is CC(NC(=O)c1ccn2nccc2c1)C1=CCCCC1. The summed E-state index contributed by atoms with van der Waals surface area (Å²) in [5, 5.41) is 7.22. The van der Waals surface area contributed by atoms with Gasteiger partial charge in [0.2, 0.25) is 0 Å². The van der Waals surface area contributed by atoms with Gasteiger partial charge in [-0.15, -0.1) is 0 Å². The molecule has 2 heterocycles. The lowest BCUT2D eigenvalue weighted by Crippen LogP contribution is -2.34. The standard InChI is InChI=1S/C16H19N3O/c1-12(13-5-3-2-4-6-13)18-16(20)14-8-10-19-15(11-14)7-9-17-19/h5,7-12H,2-4,6H2,1H3,(H,18,20). The molecule has 0 aromatic carbocycles. The molecule has 0 spiro atoms. The minimum absolute atomic E-state index is 0.0207. The van der Waals surface area contributed by atoms with E-state index in [4.69, 9.17) is 0 Å². The highest BCUT2D eigenvalue weighted by molar-refractivity contribution is 5.95. The molecule has 1 atom stereocenters. The van der Waals surface area contributed by atoms with Gasteiger partial charge in [0.15, 0.2) is 0 Å². The minimum atomic E-state index is -0.0207. The second kappa shape index (κ2) is 5.49. The largest absolute Gasteiger partial charge is 0.346 e. The van der Waals surface area contributed by atoms with Gasteiger partial charge in [-0.25, -0.2) is 4.52 Å². The molecule has 4 nitrogen and oxygen atoms in total. The van der Waals surface area contributed by atoms with E-state index in [0.29, 0.717) is 5.56 Å². The Balaban J connectivity index is 1.73. The summed E-state index contributed by atoms with van der Waals surface area (Å²) in [6.07, 6.45) is 10.5. The third-order valence-electron chi connectivity index (χ3n) is 3.89. The van der Waals surface area contributed by atoms with Crippen LogP contribution >= 0.6 is 0 Å². The van der Waals surface area contributed by atoms with E-state index in [0.717, 1.165) is 18.4 Å². The maximum absolute atomic E-state index is 12.3. The molecule has 20 heavy (non-hydrogen) atoms. The van der Waals surface area contributed by atoms with E-state index in [-0.39, 0.29) is 11.9 Å². The molecule has 0 radical (unpaired) electrons. The summed E-state index contributed by atoms with van der Waals surface area (Å²) in [4.78, 5) is 12.3. The molecule has 3 rings (SSSR count). The van der Waals surface area contributed by atoms with E-state index in [9.17, 15) is 4.79 Å². The van der Waals surface area contributed by atoms with Crippen molar-refractivity contribution in [3.8, 4) is 0 Å². The Labute approximate surface area is 118 Å². The van der Waals surface area contributed by atoms with Crippen molar-refractivity contribution in [2.24, 2.45) is 0 Å². The van der Waals surface area contributed by atoms with Gasteiger partial charge in [0, 0.05) is 24.0 Å². The third-order valence-corrected chi connectivity index (χ3v) is 3.89. The second-order valence-electron chi connectivity index (χ2n) is 5.34. The van der Waals surface area contributed by atoms with E-state index in [2.05, 4.69) is 23.4 Å². The fraction of sp³-hybridized carbons (Fsp3) is 0.375. The highest BCUT2D eigenvalue weighted by Gasteiger charge is 2.15. The summed E-state index contributed by atoms with van der Waals surface area (Å²) < 4.78 is 1.75. The number of fused-ring (bicyclic) bond motifs is 1. The molecule has 2 aromatic heterocycles. The first-order chi connectivity index (χ1) is 9.74. The molecule has 4 heteroatoms. The van der Waals surface area contributed by atoms with Crippen molar-refractivity contribution >= 4 is 11.4 Å². The third kappa shape index (κ3) is 2.59. The number of nitrogens with zero attached hydrogens (tertiary/aromatic N) is 2. The van der Waals surface area contributed by atoms with E-state index >= 15 is 0 Å². The number of nitrogens with one attached hydrogen (secondary N) is 1. The van der Waals surface area contributed by atoms with Gasteiger partial charge < -0.3 is 5.32 Å². The number of aromatic nitrogens is 2. The summed E-state index contributed by atoms with van der Waals surface area (Å²) in [7, 11) is 0. The van der Waals surface area contributed by atoms with Crippen LogP contribution in [0, 0.1) is 0 Å². The van der Waals surface area contributed by atoms with Gasteiger partial charge >= 0.3 is 0 Å². The second-order valence-corrected chi connectivity index (χ2v) is 5.34. The highest BCUT2D eigenvalue weighted by Crippen LogP contribution is 2.20. The van der Waals surface area contributed by atoms with Crippen LogP contribution in [0.25, 0.3) is 5.52 Å². The normalized spacial score (nSPS) is 16.8. The Bertz CT molecular complexity index is 657. The van der Waals surface area contributed by atoms with Crippen LogP contribution in [-0.2, 0) is 0 Å². The van der Waals surface area contributed by atoms with Crippen LogP contribution < -0.4 is 5.32 Å². The van der Waals surface area contributed by atoms with Crippen molar-refractivity contribution < 1.29 is 4.79 Å². The minimum Gasteiger partial charge on any atom is -0.346 e. The van der Waals surface area contributed by atoms with Crippen LogP contribution in [-0.4, -0.2) is 21.6 Å². The lowest BCUT2D eigenvalue weighted by atomic mass is 9.94. The first-order valence-electron chi connectivity index (χ1n) is 7.17. The zero-order chi connectivity index (χ0) is 13.9. The number of rotatable bonds is 3. The summed E-state index contributed by atoms with van der Waals surface area (Å²) >= 11 is 0. The Morgan fingerprint density at radius 1 is 1.40 bits per heavy atom. The Morgan fingerprint density at radius 2 is 2.30 bits per heavy atom. The highest BCUT2D eigenvalue weighted by atomic mass is 16.1.